The van der Waals surface area contributed by atoms with Gasteiger partial charge in [-0.05, 0) is 43.2 Å². The molecule has 28 heavy (non-hydrogen) atoms. The van der Waals surface area contributed by atoms with E-state index in [1.165, 1.54) is 0 Å². The van der Waals surface area contributed by atoms with Crippen LogP contribution in [0, 0.1) is 12.7 Å². The smallest absolute Gasteiger partial charge is 0.226 e. The molecule has 3 aromatic rings. The lowest BCUT2D eigenvalue weighted by Gasteiger charge is -2.18. The van der Waals surface area contributed by atoms with Crippen molar-refractivity contribution in [3.63, 3.8) is 0 Å². The molecular weight excluding hydrogens is 470 g/mol. The van der Waals surface area contributed by atoms with Crippen molar-refractivity contribution in [3.8, 4) is 11.5 Å². The number of aromatic nitrogens is 1. The fourth-order valence-electron chi connectivity index (χ4n) is 2.64. The van der Waals surface area contributed by atoms with Crippen LogP contribution in [0.3, 0.4) is 0 Å². The van der Waals surface area contributed by atoms with E-state index in [1.807, 2.05) is 43.3 Å². The molecule has 0 bridgehead atoms. The molecular formula is C21H24FIN4O. The molecule has 2 N–H and O–H groups in total. The number of halogens is 2. The van der Waals surface area contributed by atoms with Crippen LogP contribution >= 0.6 is 24.0 Å². The fourth-order valence-corrected chi connectivity index (χ4v) is 2.64. The summed E-state index contributed by atoms with van der Waals surface area (Å²) in [5, 5.41) is 6.45. The maximum Gasteiger partial charge on any atom is 0.226 e. The van der Waals surface area contributed by atoms with Crippen LogP contribution in [0.2, 0.25) is 0 Å². The molecule has 0 radical (unpaired) electrons. The molecule has 0 aliphatic heterocycles. The number of aliphatic imine (C=N–C) groups is 1. The molecule has 2 aromatic carbocycles. The van der Waals surface area contributed by atoms with E-state index in [-0.39, 0.29) is 35.8 Å². The van der Waals surface area contributed by atoms with E-state index in [0.29, 0.717) is 24.0 Å². The van der Waals surface area contributed by atoms with Crippen LogP contribution in [0.25, 0.3) is 11.5 Å². The van der Waals surface area contributed by atoms with Crippen molar-refractivity contribution >= 4 is 29.9 Å². The summed E-state index contributed by atoms with van der Waals surface area (Å²) in [6, 6.07) is 14.9. The van der Waals surface area contributed by atoms with Crippen molar-refractivity contribution in [2.45, 2.75) is 26.4 Å². The number of aryl methyl sites for hydroxylation is 1. The molecule has 1 atom stereocenters. The summed E-state index contributed by atoms with van der Waals surface area (Å²) in [6.07, 6.45) is 1.63. The average Bonchev–Trinajstić information content (AvgIpc) is 3.17. The quantitative estimate of drug-likeness (QED) is 0.303. The highest BCUT2D eigenvalue weighted by molar-refractivity contribution is 14.0. The van der Waals surface area contributed by atoms with E-state index in [1.54, 1.807) is 32.4 Å². The lowest BCUT2D eigenvalue weighted by atomic mass is 10.1. The minimum absolute atomic E-state index is 0. The first-order chi connectivity index (χ1) is 13.1. The number of oxazole rings is 1. The van der Waals surface area contributed by atoms with Crippen LogP contribution in [0.5, 0.6) is 0 Å². The van der Waals surface area contributed by atoms with E-state index in [4.69, 9.17) is 4.42 Å². The average molecular weight is 494 g/mol. The Hall–Kier alpha value is -2.42. The number of hydrogen-bond donors (Lipinski definition) is 2. The van der Waals surface area contributed by atoms with Gasteiger partial charge >= 0.3 is 0 Å². The Morgan fingerprint density at radius 2 is 1.96 bits per heavy atom. The molecule has 7 heteroatoms. The van der Waals surface area contributed by atoms with Gasteiger partial charge in [0.2, 0.25) is 5.89 Å². The maximum absolute atomic E-state index is 13.8. The van der Waals surface area contributed by atoms with E-state index in [0.717, 1.165) is 16.8 Å². The Labute approximate surface area is 181 Å². The van der Waals surface area contributed by atoms with E-state index < -0.39 is 0 Å². The minimum atomic E-state index is -0.208. The van der Waals surface area contributed by atoms with Crippen LogP contribution in [0.4, 0.5) is 4.39 Å². The summed E-state index contributed by atoms with van der Waals surface area (Å²) in [4.78, 5) is 8.70. The van der Waals surface area contributed by atoms with Crippen molar-refractivity contribution in [1.82, 2.24) is 15.6 Å². The standard InChI is InChI=1S/C21H23FN4O.HI/c1-14-9-10-17(11-19(14)22)15(2)25-21(23-3)24-12-18-13-27-20(26-18)16-7-5-4-6-8-16;/h4-11,13,15H,12H2,1-3H3,(H2,23,24,25);1H. The molecule has 0 aliphatic rings. The largest absolute Gasteiger partial charge is 0.444 e. The van der Waals surface area contributed by atoms with Gasteiger partial charge in [0.1, 0.15) is 12.1 Å². The van der Waals surface area contributed by atoms with Crippen LogP contribution in [0.15, 0.2) is 64.2 Å². The molecule has 3 rings (SSSR count). The lowest BCUT2D eigenvalue weighted by molar-refractivity contribution is 0.572. The molecule has 0 spiro atoms. The van der Waals surface area contributed by atoms with Crippen molar-refractivity contribution in [2.24, 2.45) is 4.99 Å². The molecule has 1 unspecified atom stereocenters. The van der Waals surface area contributed by atoms with Gasteiger partial charge in [-0.2, -0.15) is 0 Å². The normalized spacial score (nSPS) is 12.2. The van der Waals surface area contributed by atoms with Gasteiger partial charge in [0.05, 0.1) is 18.3 Å². The number of guanidine groups is 1. The molecule has 0 saturated carbocycles. The van der Waals surface area contributed by atoms with E-state index >= 15 is 0 Å². The van der Waals surface area contributed by atoms with Crippen molar-refractivity contribution in [2.75, 3.05) is 7.05 Å². The Kier molecular flexibility index (Phi) is 7.98. The molecule has 0 saturated heterocycles. The van der Waals surface area contributed by atoms with Gasteiger partial charge in [0.15, 0.2) is 5.96 Å². The fraction of sp³-hybridized carbons (Fsp3) is 0.238. The van der Waals surface area contributed by atoms with Gasteiger partial charge in [0, 0.05) is 12.6 Å². The maximum atomic E-state index is 13.8. The van der Waals surface area contributed by atoms with Crippen LogP contribution < -0.4 is 10.6 Å². The Morgan fingerprint density at radius 3 is 2.64 bits per heavy atom. The predicted molar refractivity (Wildman–Crippen MR) is 120 cm³/mol. The first kappa shape index (κ1) is 21.9. The number of nitrogens with zero attached hydrogens (tertiary/aromatic N) is 2. The first-order valence-corrected chi connectivity index (χ1v) is 8.80. The summed E-state index contributed by atoms with van der Waals surface area (Å²) < 4.78 is 19.3. The van der Waals surface area contributed by atoms with Crippen molar-refractivity contribution in [1.29, 1.82) is 0 Å². The SMILES string of the molecule is CN=C(NCc1coc(-c2ccccc2)n1)NC(C)c1ccc(C)c(F)c1.I. The van der Waals surface area contributed by atoms with Gasteiger partial charge in [-0.3, -0.25) is 4.99 Å². The lowest BCUT2D eigenvalue weighted by Crippen LogP contribution is -2.38. The summed E-state index contributed by atoms with van der Waals surface area (Å²) >= 11 is 0. The minimum Gasteiger partial charge on any atom is -0.444 e. The highest BCUT2D eigenvalue weighted by Gasteiger charge is 2.11. The first-order valence-electron chi connectivity index (χ1n) is 8.80. The van der Waals surface area contributed by atoms with Gasteiger partial charge in [-0.1, -0.05) is 30.3 Å². The van der Waals surface area contributed by atoms with Crippen molar-refractivity contribution in [3.05, 3.63) is 77.4 Å². The van der Waals surface area contributed by atoms with Crippen molar-refractivity contribution < 1.29 is 8.81 Å². The van der Waals surface area contributed by atoms with Crippen LogP contribution in [0.1, 0.15) is 29.8 Å². The topological polar surface area (TPSA) is 62.5 Å². The molecule has 0 fully saturated rings. The molecule has 5 nitrogen and oxygen atoms in total. The molecule has 1 aromatic heterocycles. The van der Waals surface area contributed by atoms with Gasteiger partial charge in [-0.25, -0.2) is 9.37 Å². The summed E-state index contributed by atoms with van der Waals surface area (Å²) in [5.41, 5.74) is 3.19. The second kappa shape index (κ2) is 10.2. The van der Waals surface area contributed by atoms with Crippen LogP contribution in [-0.4, -0.2) is 18.0 Å². The predicted octanol–water partition coefficient (Wildman–Crippen LogP) is 4.83. The second-order valence-corrected chi connectivity index (χ2v) is 6.31. The Balaban J connectivity index is 0.00000280. The summed E-state index contributed by atoms with van der Waals surface area (Å²) in [7, 11) is 1.69. The molecule has 148 valence electrons. The third-order valence-electron chi connectivity index (χ3n) is 4.28. The zero-order valence-corrected chi connectivity index (χ0v) is 18.4. The van der Waals surface area contributed by atoms with Crippen LogP contribution in [-0.2, 0) is 6.54 Å². The third-order valence-corrected chi connectivity index (χ3v) is 4.28. The van der Waals surface area contributed by atoms with Gasteiger partial charge in [-0.15, -0.1) is 24.0 Å². The number of nitrogens with one attached hydrogen (secondary N) is 2. The monoisotopic (exact) mass is 494 g/mol. The molecule has 0 aliphatic carbocycles. The summed E-state index contributed by atoms with van der Waals surface area (Å²) in [6.45, 7) is 4.17. The highest BCUT2D eigenvalue weighted by Crippen LogP contribution is 2.18. The van der Waals surface area contributed by atoms with Gasteiger partial charge < -0.3 is 15.1 Å². The molecule has 1 heterocycles. The number of hydrogen-bond acceptors (Lipinski definition) is 3. The number of rotatable bonds is 5. The number of benzene rings is 2. The third kappa shape index (κ3) is 5.54. The Morgan fingerprint density at radius 1 is 1.21 bits per heavy atom. The van der Waals surface area contributed by atoms with E-state index in [9.17, 15) is 4.39 Å². The van der Waals surface area contributed by atoms with Gasteiger partial charge in [0.25, 0.3) is 0 Å². The highest BCUT2D eigenvalue weighted by atomic mass is 127. The Bertz CT molecular complexity index is 927. The zero-order chi connectivity index (χ0) is 19.2. The molecule has 0 amide bonds. The zero-order valence-electron chi connectivity index (χ0n) is 16.1. The van der Waals surface area contributed by atoms with E-state index in [2.05, 4.69) is 20.6 Å². The summed E-state index contributed by atoms with van der Waals surface area (Å²) in [5.74, 6) is 0.978. The second-order valence-electron chi connectivity index (χ2n) is 6.31.